The van der Waals surface area contributed by atoms with Crippen LogP contribution in [0.1, 0.15) is 32.0 Å². The first-order valence-electron chi connectivity index (χ1n) is 7.00. The molecule has 0 bridgehead atoms. The average molecular weight is 261 g/mol. The molecule has 4 nitrogen and oxygen atoms in total. The number of rotatable bonds is 7. The van der Waals surface area contributed by atoms with Crippen molar-refractivity contribution in [1.29, 1.82) is 0 Å². The SMILES string of the molecule is CCCNC(COCC)c1nn(C)c2ccccc12. The molecule has 1 aromatic carbocycles. The van der Waals surface area contributed by atoms with Gasteiger partial charge in [-0.15, -0.1) is 0 Å². The zero-order valence-corrected chi connectivity index (χ0v) is 12.0. The lowest BCUT2D eigenvalue weighted by Gasteiger charge is -2.16. The zero-order valence-electron chi connectivity index (χ0n) is 12.0. The van der Waals surface area contributed by atoms with Crippen LogP contribution in [0.15, 0.2) is 24.3 Å². The summed E-state index contributed by atoms with van der Waals surface area (Å²) in [6.07, 6.45) is 1.10. The predicted molar refractivity (Wildman–Crippen MR) is 78.2 cm³/mol. The third-order valence-electron chi connectivity index (χ3n) is 3.25. The van der Waals surface area contributed by atoms with Gasteiger partial charge in [-0.05, 0) is 26.0 Å². The third-order valence-corrected chi connectivity index (χ3v) is 3.25. The Morgan fingerprint density at radius 2 is 2.11 bits per heavy atom. The van der Waals surface area contributed by atoms with Crippen LogP contribution in [0.4, 0.5) is 0 Å². The van der Waals surface area contributed by atoms with Gasteiger partial charge < -0.3 is 10.1 Å². The molecular formula is C15H23N3O. The van der Waals surface area contributed by atoms with Crippen LogP contribution in [0.2, 0.25) is 0 Å². The molecule has 1 aromatic heterocycles. The maximum Gasteiger partial charge on any atom is 0.0896 e. The fourth-order valence-corrected chi connectivity index (χ4v) is 2.29. The molecule has 0 fully saturated rings. The molecule has 104 valence electrons. The number of benzene rings is 1. The Labute approximate surface area is 114 Å². The molecule has 1 unspecified atom stereocenters. The zero-order chi connectivity index (χ0) is 13.7. The predicted octanol–water partition coefficient (Wildman–Crippen LogP) is 2.65. The first-order valence-corrected chi connectivity index (χ1v) is 7.00. The van der Waals surface area contributed by atoms with Gasteiger partial charge >= 0.3 is 0 Å². The highest BCUT2D eigenvalue weighted by molar-refractivity contribution is 5.82. The molecular weight excluding hydrogens is 238 g/mol. The third kappa shape index (κ3) is 3.14. The van der Waals surface area contributed by atoms with Gasteiger partial charge in [-0.3, -0.25) is 4.68 Å². The fourth-order valence-electron chi connectivity index (χ4n) is 2.29. The second-order valence-electron chi connectivity index (χ2n) is 4.69. The van der Waals surface area contributed by atoms with Crippen molar-refractivity contribution in [1.82, 2.24) is 15.1 Å². The minimum atomic E-state index is 0.158. The van der Waals surface area contributed by atoms with Gasteiger partial charge in [-0.1, -0.05) is 25.1 Å². The van der Waals surface area contributed by atoms with Gasteiger partial charge in [0.2, 0.25) is 0 Å². The number of ether oxygens (including phenoxy) is 1. The summed E-state index contributed by atoms with van der Waals surface area (Å²) in [5.41, 5.74) is 2.25. The largest absolute Gasteiger partial charge is 0.380 e. The Morgan fingerprint density at radius 1 is 1.32 bits per heavy atom. The van der Waals surface area contributed by atoms with Gasteiger partial charge in [0.25, 0.3) is 0 Å². The van der Waals surface area contributed by atoms with Crippen LogP contribution in [0.3, 0.4) is 0 Å². The van der Waals surface area contributed by atoms with E-state index in [4.69, 9.17) is 4.74 Å². The lowest BCUT2D eigenvalue weighted by Crippen LogP contribution is -2.27. The highest BCUT2D eigenvalue weighted by Crippen LogP contribution is 2.23. The van der Waals surface area contributed by atoms with Gasteiger partial charge in [0.1, 0.15) is 0 Å². The topological polar surface area (TPSA) is 39.1 Å². The van der Waals surface area contributed by atoms with Crippen LogP contribution >= 0.6 is 0 Å². The second-order valence-corrected chi connectivity index (χ2v) is 4.69. The van der Waals surface area contributed by atoms with Crippen LogP contribution in [0.5, 0.6) is 0 Å². The number of aryl methyl sites for hydroxylation is 1. The monoisotopic (exact) mass is 261 g/mol. The Hall–Kier alpha value is -1.39. The number of aromatic nitrogens is 2. The Balaban J connectivity index is 2.31. The molecule has 0 aliphatic rings. The van der Waals surface area contributed by atoms with Crippen molar-refractivity contribution in [3.05, 3.63) is 30.0 Å². The Kier molecular flexibility index (Phi) is 4.93. The van der Waals surface area contributed by atoms with Crippen LogP contribution < -0.4 is 5.32 Å². The lowest BCUT2D eigenvalue weighted by molar-refractivity contribution is 0.122. The smallest absolute Gasteiger partial charge is 0.0896 e. The van der Waals surface area contributed by atoms with Crippen LogP contribution in [0, 0.1) is 0 Å². The van der Waals surface area contributed by atoms with Gasteiger partial charge in [-0.2, -0.15) is 5.10 Å². The first-order chi connectivity index (χ1) is 9.27. The summed E-state index contributed by atoms with van der Waals surface area (Å²) >= 11 is 0. The summed E-state index contributed by atoms with van der Waals surface area (Å²) in [7, 11) is 1.99. The molecule has 0 aliphatic heterocycles. The van der Waals surface area contributed by atoms with Crippen LogP contribution in [-0.2, 0) is 11.8 Å². The van der Waals surface area contributed by atoms with E-state index in [-0.39, 0.29) is 6.04 Å². The van der Waals surface area contributed by atoms with E-state index in [9.17, 15) is 0 Å². The molecule has 2 rings (SSSR count). The van der Waals surface area contributed by atoms with Crippen molar-refractivity contribution in [2.75, 3.05) is 19.8 Å². The van der Waals surface area contributed by atoms with E-state index in [0.717, 1.165) is 30.8 Å². The van der Waals surface area contributed by atoms with E-state index in [1.165, 1.54) is 5.39 Å². The normalized spacial score (nSPS) is 13.0. The molecule has 0 saturated carbocycles. The minimum Gasteiger partial charge on any atom is -0.380 e. The van der Waals surface area contributed by atoms with E-state index in [1.807, 2.05) is 24.7 Å². The quantitative estimate of drug-likeness (QED) is 0.833. The molecule has 2 aromatic rings. The fraction of sp³-hybridized carbons (Fsp3) is 0.533. The van der Waals surface area contributed by atoms with E-state index in [2.05, 4.69) is 35.5 Å². The van der Waals surface area contributed by atoms with Gasteiger partial charge in [0, 0.05) is 19.0 Å². The maximum atomic E-state index is 5.59. The number of para-hydroxylation sites is 1. The first kappa shape index (κ1) is 14.0. The van der Waals surface area contributed by atoms with E-state index < -0.39 is 0 Å². The van der Waals surface area contributed by atoms with Crippen molar-refractivity contribution in [2.24, 2.45) is 7.05 Å². The van der Waals surface area contributed by atoms with E-state index in [1.54, 1.807) is 0 Å². The maximum absolute atomic E-state index is 5.59. The summed E-state index contributed by atoms with van der Waals surface area (Å²) in [4.78, 5) is 0. The standard InChI is InChI=1S/C15H23N3O/c1-4-10-16-13(11-19-5-2)15-12-8-6-7-9-14(12)18(3)17-15/h6-9,13,16H,4-5,10-11H2,1-3H3. The van der Waals surface area contributed by atoms with Crippen LogP contribution in [-0.4, -0.2) is 29.5 Å². The van der Waals surface area contributed by atoms with E-state index >= 15 is 0 Å². The molecule has 4 heteroatoms. The van der Waals surface area contributed by atoms with Crippen molar-refractivity contribution < 1.29 is 4.74 Å². The summed E-state index contributed by atoms with van der Waals surface area (Å²) < 4.78 is 7.54. The lowest BCUT2D eigenvalue weighted by atomic mass is 10.1. The summed E-state index contributed by atoms with van der Waals surface area (Å²) in [5, 5.41) is 9.40. The van der Waals surface area contributed by atoms with E-state index in [0.29, 0.717) is 6.61 Å². The number of nitrogens with zero attached hydrogens (tertiary/aromatic N) is 2. The number of fused-ring (bicyclic) bond motifs is 1. The molecule has 1 atom stereocenters. The van der Waals surface area contributed by atoms with Gasteiger partial charge in [0.15, 0.2) is 0 Å². The number of hydrogen-bond acceptors (Lipinski definition) is 3. The molecule has 0 saturated heterocycles. The van der Waals surface area contributed by atoms with Crippen molar-refractivity contribution in [2.45, 2.75) is 26.3 Å². The minimum absolute atomic E-state index is 0.158. The molecule has 0 aliphatic carbocycles. The average Bonchev–Trinajstić information content (AvgIpc) is 2.77. The number of nitrogens with one attached hydrogen (secondary N) is 1. The molecule has 19 heavy (non-hydrogen) atoms. The van der Waals surface area contributed by atoms with Crippen molar-refractivity contribution >= 4 is 10.9 Å². The Morgan fingerprint density at radius 3 is 2.84 bits per heavy atom. The molecule has 0 spiro atoms. The summed E-state index contributed by atoms with van der Waals surface area (Å²) in [6, 6.07) is 8.50. The summed E-state index contributed by atoms with van der Waals surface area (Å²) in [6.45, 7) is 6.56. The molecule has 0 amide bonds. The van der Waals surface area contributed by atoms with Crippen molar-refractivity contribution in [3.63, 3.8) is 0 Å². The van der Waals surface area contributed by atoms with Gasteiger partial charge in [-0.25, -0.2) is 0 Å². The Bertz CT molecular complexity index is 513. The molecule has 1 N–H and O–H groups in total. The van der Waals surface area contributed by atoms with Gasteiger partial charge in [0.05, 0.1) is 23.9 Å². The second kappa shape index (κ2) is 6.68. The number of hydrogen-bond donors (Lipinski definition) is 1. The highest BCUT2D eigenvalue weighted by atomic mass is 16.5. The van der Waals surface area contributed by atoms with Crippen molar-refractivity contribution in [3.8, 4) is 0 Å². The summed E-state index contributed by atoms with van der Waals surface area (Å²) in [5.74, 6) is 0. The molecule has 1 heterocycles. The van der Waals surface area contributed by atoms with Crippen LogP contribution in [0.25, 0.3) is 10.9 Å². The molecule has 0 radical (unpaired) electrons. The highest BCUT2D eigenvalue weighted by Gasteiger charge is 2.18.